The summed E-state index contributed by atoms with van der Waals surface area (Å²) in [6, 6.07) is 30.7. The van der Waals surface area contributed by atoms with Crippen LogP contribution in [0.25, 0.3) is 70.3 Å². The number of aryl methyl sites for hydroxylation is 1. The topological polar surface area (TPSA) is 43.9 Å². The predicted molar refractivity (Wildman–Crippen MR) is 182 cm³/mol. The molecule has 4 aromatic heterocycles. The van der Waals surface area contributed by atoms with Crippen LogP contribution >= 0.6 is 11.3 Å². The van der Waals surface area contributed by atoms with Crippen molar-refractivity contribution in [3.05, 3.63) is 102 Å². The van der Waals surface area contributed by atoms with Gasteiger partial charge in [-0.25, -0.2) is 9.97 Å². The SMILES string of the molecule is Cc1ccc(-c2nc3ccccc3n2-c2ccc3c(c2)sc2cc(C(C)(C)C)ccc23)c2oc3nc(C(C)C)ccc3c12. The van der Waals surface area contributed by atoms with Gasteiger partial charge in [-0.1, -0.05) is 71.0 Å². The van der Waals surface area contributed by atoms with Gasteiger partial charge in [0.25, 0.3) is 0 Å². The number of pyridine rings is 1. The van der Waals surface area contributed by atoms with Crippen LogP contribution in [0.2, 0.25) is 0 Å². The number of fused-ring (bicyclic) bond motifs is 7. The first-order valence-corrected chi connectivity index (χ1v) is 15.8. The van der Waals surface area contributed by atoms with Crippen LogP contribution in [0.3, 0.4) is 0 Å². The number of benzene rings is 4. The molecule has 0 fully saturated rings. The summed E-state index contributed by atoms with van der Waals surface area (Å²) >= 11 is 1.86. The number of hydrogen-bond acceptors (Lipinski definition) is 4. The van der Waals surface area contributed by atoms with Gasteiger partial charge in [-0.05, 0) is 77.9 Å². The van der Waals surface area contributed by atoms with Crippen molar-refractivity contribution in [1.82, 2.24) is 14.5 Å². The van der Waals surface area contributed by atoms with E-state index in [9.17, 15) is 0 Å². The number of thiophene rings is 1. The van der Waals surface area contributed by atoms with Crippen LogP contribution in [0.4, 0.5) is 0 Å². The third-order valence-corrected chi connectivity index (χ3v) is 9.81. The summed E-state index contributed by atoms with van der Waals surface area (Å²) in [6.45, 7) is 13.3. The summed E-state index contributed by atoms with van der Waals surface area (Å²) in [4.78, 5) is 10.1. The standard InChI is InChI=1S/C38H33N3OS/c1-21(2)29-18-17-27-34-22(3)11-14-28(35(34)42-37(27)40-29)36-39-30-9-7-8-10-31(30)41(36)24-13-16-26-25-15-12-23(38(4,5)6)19-32(25)43-33(26)20-24/h7-21H,1-6H3. The van der Waals surface area contributed by atoms with E-state index >= 15 is 0 Å². The minimum atomic E-state index is 0.113. The van der Waals surface area contributed by atoms with E-state index < -0.39 is 0 Å². The van der Waals surface area contributed by atoms with Crippen molar-refractivity contribution >= 4 is 64.6 Å². The molecule has 212 valence electrons. The monoisotopic (exact) mass is 579 g/mol. The molecule has 4 aromatic carbocycles. The molecule has 5 heteroatoms. The number of rotatable bonds is 3. The third kappa shape index (κ3) is 4.02. The fourth-order valence-electron chi connectivity index (χ4n) is 6.28. The summed E-state index contributed by atoms with van der Waals surface area (Å²) in [5.41, 5.74) is 9.26. The molecule has 0 aliphatic carbocycles. The highest BCUT2D eigenvalue weighted by molar-refractivity contribution is 7.25. The molecule has 0 radical (unpaired) electrons. The molecule has 0 saturated carbocycles. The molecule has 8 aromatic rings. The summed E-state index contributed by atoms with van der Waals surface area (Å²) in [7, 11) is 0. The number of para-hydroxylation sites is 2. The van der Waals surface area contributed by atoms with Crippen molar-refractivity contribution in [2.24, 2.45) is 0 Å². The van der Waals surface area contributed by atoms with E-state index in [1.54, 1.807) is 0 Å². The Hall–Kier alpha value is -4.48. The molecule has 0 amide bonds. The van der Waals surface area contributed by atoms with E-state index in [1.165, 1.54) is 31.3 Å². The van der Waals surface area contributed by atoms with Crippen LogP contribution < -0.4 is 0 Å². The van der Waals surface area contributed by atoms with Crippen molar-refractivity contribution in [1.29, 1.82) is 0 Å². The fraction of sp³-hybridized carbons (Fsp3) is 0.211. The first kappa shape index (κ1) is 26.2. The zero-order valence-electron chi connectivity index (χ0n) is 25.3. The van der Waals surface area contributed by atoms with Gasteiger partial charge in [0.15, 0.2) is 0 Å². The molecule has 0 bridgehead atoms. The first-order valence-electron chi connectivity index (χ1n) is 14.9. The molecule has 0 spiro atoms. The van der Waals surface area contributed by atoms with Crippen molar-refractivity contribution < 1.29 is 4.42 Å². The predicted octanol–water partition coefficient (Wildman–Crippen LogP) is 11.1. The second-order valence-electron chi connectivity index (χ2n) is 13.0. The van der Waals surface area contributed by atoms with Crippen LogP contribution in [0, 0.1) is 6.92 Å². The van der Waals surface area contributed by atoms with E-state index in [0.717, 1.165) is 50.2 Å². The van der Waals surface area contributed by atoms with Crippen LogP contribution in [0.1, 0.15) is 57.4 Å². The second kappa shape index (κ2) is 9.26. The van der Waals surface area contributed by atoms with E-state index in [1.807, 2.05) is 11.3 Å². The summed E-state index contributed by atoms with van der Waals surface area (Å²) in [5, 5.41) is 4.74. The molecule has 0 N–H and O–H groups in total. The highest BCUT2D eigenvalue weighted by atomic mass is 32.1. The van der Waals surface area contributed by atoms with Gasteiger partial charge >= 0.3 is 0 Å². The molecule has 4 heterocycles. The Balaban J connectivity index is 1.38. The zero-order valence-corrected chi connectivity index (χ0v) is 26.1. The van der Waals surface area contributed by atoms with Gasteiger partial charge in [-0.3, -0.25) is 4.57 Å². The molecular weight excluding hydrogens is 547 g/mol. The van der Waals surface area contributed by atoms with Crippen LogP contribution in [0.15, 0.2) is 89.3 Å². The lowest BCUT2D eigenvalue weighted by Gasteiger charge is -2.18. The van der Waals surface area contributed by atoms with E-state index in [-0.39, 0.29) is 5.41 Å². The number of nitrogens with zero attached hydrogens (tertiary/aromatic N) is 3. The van der Waals surface area contributed by atoms with Gasteiger partial charge in [0.2, 0.25) is 5.71 Å². The second-order valence-corrected chi connectivity index (χ2v) is 14.1. The summed E-state index contributed by atoms with van der Waals surface area (Å²) < 4.78 is 11.5. The normalized spacial score (nSPS) is 12.6. The van der Waals surface area contributed by atoms with Crippen LogP contribution in [-0.4, -0.2) is 14.5 Å². The van der Waals surface area contributed by atoms with Gasteiger partial charge in [-0.2, -0.15) is 0 Å². The molecule has 0 unspecified atom stereocenters. The highest BCUT2D eigenvalue weighted by Crippen LogP contribution is 2.41. The van der Waals surface area contributed by atoms with Gasteiger partial charge in [-0.15, -0.1) is 11.3 Å². The van der Waals surface area contributed by atoms with Crippen molar-refractivity contribution in [3.63, 3.8) is 0 Å². The van der Waals surface area contributed by atoms with Gasteiger partial charge in [0.05, 0.1) is 16.6 Å². The van der Waals surface area contributed by atoms with E-state index in [4.69, 9.17) is 14.4 Å². The van der Waals surface area contributed by atoms with Gasteiger partial charge in [0.1, 0.15) is 11.4 Å². The Morgan fingerprint density at radius 3 is 2.33 bits per heavy atom. The molecular formula is C38H33N3OS. The van der Waals surface area contributed by atoms with Crippen LogP contribution in [0.5, 0.6) is 0 Å². The molecule has 0 aliphatic rings. The summed E-state index contributed by atoms with van der Waals surface area (Å²) in [6.07, 6.45) is 0. The largest absolute Gasteiger partial charge is 0.437 e. The lowest BCUT2D eigenvalue weighted by molar-refractivity contribution is 0.591. The average Bonchev–Trinajstić information content (AvgIpc) is 3.67. The van der Waals surface area contributed by atoms with Crippen LogP contribution in [-0.2, 0) is 5.41 Å². The Morgan fingerprint density at radius 2 is 1.53 bits per heavy atom. The third-order valence-electron chi connectivity index (χ3n) is 8.69. The molecule has 43 heavy (non-hydrogen) atoms. The average molecular weight is 580 g/mol. The fourth-order valence-corrected chi connectivity index (χ4v) is 7.46. The Bertz CT molecular complexity index is 2380. The quantitative estimate of drug-likeness (QED) is 0.209. The number of imidazole rings is 1. The maximum Gasteiger partial charge on any atom is 0.227 e. The lowest BCUT2D eigenvalue weighted by Crippen LogP contribution is -2.10. The summed E-state index contributed by atoms with van der Waals surface area (Å²) in [5.74, 6) is 1.19. The molecule has 0 saturated heterocycles. The maximum atomic E-state index is 6.58. The van der Waals surface area contributed by atoms with E-state index in [2.05, 4.69) is 131 Å². The lowest BCUT2D eigenvalue weighted by atomic mass is 9.87. The Labute approximate surface area is 254 Å². The highest BCUT2D eigenvalue weighted by Gasteiger charge is 2.22. The number of hydrogen-bond donors (Lipinski definition) is 0. The minimum Gasteiger partial charge on any atom is -0.437 e. The number of furan rings is 1. The minimum absolute atomic E-state index is 0.113. The number of aromatic nitrogens is 3. The maximum absolute atomic E-state index is 6.58. The van der Waals surface area contributed by atoms with E-state index in [0.29, 0.717) is 11.6 Å². The first-order chi connectivity index (χ1) is 20.7. The van der Waals surface area contributed by atoms with Gasteiger partial charge in [0, 0.05) is 42.3 Å². The molecule has 8 rings (SSSR count). The van der Waals surface area contributed by atoms with Gasteiger partial charge < -0.3 is 4.42 Å². The van der Waals surface area contributed by atoms with Crippen molar-refractivity contribution in [3.8, 4) is 17.1 Å². The Kier molecular flexibility index (Phi) is 5.63. The zero-order chi connectivity index (χ0) is 29.6. The smallest absolute Gasteiger partial charge is 0.227 e. The molecule has 0 atom stereocenters. The van der Waals surface area contributed by atoms with Crippen molar-refractivity contribution in [2.75, 3.05) is 0 Å². The molecule has 0 aliphatic heterocycles. The Morgan fingerprint density at radius 1 is 0.791 bits per heavy atom. The molecule has 4 nitrogen and oxygen atoms in total. The van der Waals surface area contributed by atoms with Crippen molar-refractivity contribution in [2.45, 2.75) is 52.9 Å².